The van der Waals surface area contributed by atoms with E-state index in [0.29, 0.717) is 26.1 Å². The van der Waals surface area contributed by atoms with E-state index in [9.17, 15) is 9.59 Å². The van der Waals surface area contributed by atoms with Gasteiger partial charge in [0.05, 0.1) is 0 Å². The molecule has 1 fully saturated rings. The van der Waals surface area contributed by atoms with E-state index in [0.717, 1.165) is 19.3 Å². The van der Waals surface area contributed by atoms with Crippen molar-refractivity contribution in [3.8, 4) is 0 Å². The average molecular weight is 258 g/mol. The number of hydrogen-bond donors (Lipinski definition) is 3. The molecule has 3 N–H and O–H groups in total. The molecule has 18 heavy (non-hydrogen) atoms. The lowest BCUT2D eigenvalue weighted by Gasteiger charge is -2.16. The maximum atomic E-state index is 11.7. The summed E-state index contributed by atoms with van der Waals surface area (Å²) in [6.07, 6.45) is 3.32. The average Bonchev–Trinajstić information content (AvgIpc) is 2.81. The number of carbonyl (C=O) groups is 2. The van der Waals surface area contributed by atoms with Crippen molar-refractivity contribution in [2.45, 2.75) is 32.1 Å². The second-order valence-electron chi connectivity index (χ2n) is 4.72. The summed E-state index contributed by atoms with van der Waals surface area (Å²) in [5.41, 5.74) is 0. The van der Waals surface area contributed by atoms with Gasteiger partial charge in [0, 0.05) is 38.6 Å². The molecule has 0 saturated carbocycles. The first kappa shape index (κ1) is 14.8. The predicted molar refractivity (Wildman–Crippen MR) is 66.3 cm³/mol. The summed E-state index contributed by atoms with van der Waals surface area (Å²) in [7, 11) is 0. The Morgan fingerprint density at radius 1 is 1.28 bits per heavy atom. The third-order valence-corrected chi connectivity index (χ3v) is 3.17. The summed E-state index contributed by atoms with van der Waals surface area (Å²) in [4.78, 5) is 23.7. The summed E-state index contributed by atoms with van der Waals surface area (Å²) in [6.45, 7) is 2.05. The molecule has 104 valence electrons. The molecule has 6 nitrogen and oxygen atoms in total. The highest BCUT2D eigenvalue weighted by Crippen LogP contribution is 2.14. The second-order valence-corrected chi connectivity index (χ2v) is 4.72. The molecule has 1 saturated heterocycles. The molecule has 6 heteroatoms. The monoisotopic (exact) mass is 258 g/mol. The molecule has 1 aliphatic rings. The van der Waals surface area contributed by atoms with Crippen LogP contribution in [-0.2, 0) is 4.79 Å². The zero-order valence-corrected chi connectivity index (χ0v) is 10.6. The van der Waals surface area contributed by atoms with Crippen LogP contribution in [-0.4, -0.2) is 53.4 Å². The molecular formula is C12H22N2O4. The number of carboxylic acids is 1. The van der Waals surface area contributed by atoms with Crippen LogP contribution >= 0.6 is 0 Å². The van der Waals surface area contributed by atoms with Crippen LogP contribution in [0.4, 0.5) is 4.79 Å². The summed E-state index contributed by atoms with van der Waals surface area (Å²) in [5, 5.41) is 20.2. The molecule has 1 atom stereocenters. The van der Waals surface area contributed by atoms with Crippen molar-refractivity contribution in [2.75, 3.05) is 26.2 Å². The van der Waals surface area contributed by atoms with Gasteiger partial charge >= 0.3 is 12.0 Å². The number of carbonyl (C=O) groups excluding carboxylic acids is 1. The summed E-state index contributed by atoms with van der Waals surface area (Å²) >= 11 is 0. The SMILES string of the molecule is O=C(O)CCCCCNC(=O)N1CCC(CO)C1. The number of aliphatic hydroxyl groups is 1. The Labute approximate surface area is 107 Å². The van der Waals surface area contributed by atoms with Gasteiger partial charge in [0.1, 0.15) is 0 Å². The first-order chi connectivity index (χ1) is 8.63. The fourth-order valence-corrected chi connectivity index (χ4v) is 2.05. The quantitative estimate of drug-likeness (QED) is 0.585. The number of nitrogens with one attached hydrogen (secondary N) is 1. The number of urea groups is 1. The van der Waals surface area contributed by atoms with Gasteiger partial charge in [-0.15, -0.1) is 0 Å². The van der Waals surface area contributed by atoms with E-state index in [1.165, 1.54) is 0 Å². The van der Waals surface area contributed by atoms with Crippen LogP contribution in [0, 0.1) is 5.92 Å². The number of unbranched alkanes of at least 4 members (excludes halogenated alkanes) is 2. The number of nitrogens with zero attached hydrogens (tertiary/aromatic N) is 1. The Hall–Kier alpha value is -1.30. The van der Waals surface area contributed by atoms with E-state index < -0.39 is 5.97 Å². The van der Waals surface area contributed by atoms with Crippen LogP contribution in [0.1, 0.15) is 32.1 Å². The maximum Gasteiger partial charge on any atom is 0.317 e. The largest absolute Gasteiger partial charge is 0.481 e. The molecule has 1 aliphatic heterocycles. The van der Waals surface area contributed by atoms with E-state index in [1.807, 2.05) is 0 Å². The van der Waals surface area contributed by atoms with Crippen molar-refractivity contribution in [3.63, 3.8) is 0 Å². The van der Waals surface area contributed by atoms with Crippen LogP contribution in [0.5, 0.6) is 0 Å². The number of rotatable bonds is 7. The van der Waals surface area contributed by atoms with Crippen molar-refractivity contribution >= 4 is 12.0 Å². The highest BCUT2D eigenvalue weighted by atomic mass is 16.4. The molecule has 1 heterocycles. The van der Waals surface area contributed by atoms with Crippen LogP contribution in [0.15, 0.2) is 0 Å². The number of carboxylic acid groups (broad SMARTS) is 1. The standard InChI is InChI=1S/C12H22N2O4/c15-9-10-5-7-14(8-10)12(18)13-6-3-1-2-4-11(16)17/h10,15H,1-9H2,(H,13,18)(H,16,17). The summed E-state index contributed by atoms with van der Waals surface area (Å²) < 4.78 is 0. The van der Waals surface area contributed by atoms with E-state index in [4.69, 9.17) is 10.2 Å². The molecular weight excluding hydrogens is 236 g/mol. The Balaban J connectivity index is 2.02. The van der Waals surface area contributed by atoms with Crippen molar-refractivity contribution in [2.24, 2.45) is 5.92 Å². The maximum absolute atomic E-state index is 11.7. The van der Waals surface area contributed by atoms with Gasteiger partial charge in [-0.05, 0) is 19.3 Å². The Morgan fingerprint density at radius 2 is 2.06 bits per heavy atom. The molecule has 0 aromatic rings. The van der Waals surface area contributed by atoms with Gasteiger partial charge in [-0.25, -0.2) is 4.79 Å². The number of aliphatic hydroxyl groups excluding tert-OH is 1. The van der Waals surface area contributed by atoms with Crippen LogP contribution in [0.3, 0.4) is 0 Å². The molecule has 0 aromatic heterocycles. The zero-order valence-electron chi connectivity index (χ0n) is 10.6. The number of likely N-dealkylation sites (tertiary alicyclic amines) is 1. The van der Waals surface area contributed by atoms with E-state index in [1.54, 1.807) is 4.90 Å². The smallest absolute Gasteiger partial charge is 0.317 e. The lowest BCUT2D eigenvalue weighted by molar-refractivity contribution is -0.137. The molecule has 0 radical (unpaired) electrons. The van der Waals surface area contributed by atoms with Crippen LogP contribution in [0.2, 0.25) is 0 Å². The minimum atomic E-state index is -0.772. The van der Waals surface area contributed by atoms with Gasteiger partial charge in [0.25, 0.3) is 0 Å². The highest BCUT2D eigenvalue weighted by Gasteiger charge is 2.25. The number of aliphatic carboxylic acids is 1. The Bertz CT molecular complexity index is 283. The predicted octanol–water partition coefficient (Wildman–Crippen LogP) is 0.655. The van der Waals surface area contributed by atoms with Gasteiger partial charge in [-0.2, -0.15) is 0 Å². The summed E-state index contributed by atoms with van der Waals surface area (Å²) in [6, 6.07) is -0.0795. The first-order valence-corrected chi connectivity index (χ1v) is 6.49. The minimum absolute atomic E-state index is 0.0795. The molecule has 0 aromatic carbocycles. The lowest BCUT2D eigenvalue weighted by Crippen LogP contribution is -2.39. The first-order valence-electron chi connectivity index (χ1n) is 6.49. The topological polar surface area (TPSA) is 89.9 Å². The van der Waals surface area contributed by atoms with Crippen molar-refractivity contribution in [3.05, 3.63) is 0 Å². The highest BCUT2D eigenvalue weighted by molar-refractivity contribution is 5.74. The summed E-state index contributed by atoms with van der Waals surface area (Å²) in [5.74, 6) is -0.558. The van der Waals surface area contributed by atoms with Crippen LogP contribution < -0.4 is 5.32 Å². The van der Waals surface area contributed by atoms with Crippen molar-refractivity contribution in [1.82, 2.24) is 10.2 Å². The lowest BCUT2D eigenvalue weighted by atomic mass is 10.1. The van der Waals surface area contributed by atoms with Crippen molar-refractivity contribution in [1.29, 1.82) is 0 Å². The molecule has 2 amide bonds. The van der Waals surface area contributed by atoms with E-state index >= 15 is 0 Å². The van der Waals surface area contributed by atoms with Crippen LogP contribution in [0.25, 0.3) is 0 Å². The fourth-order valence-electron chi connectivity index (χ4n) is 2.05. The second kappa shape index (κ2) is 7.92. The Morgan fingerprint density at radius 3 is 2.67 bits per heavy atom. The molecule has 0 aliphatic carbocycles. The molecule has 1 rings (SSSR count). The van der Waals surface area contributed by atoms with Gasteiger partial charge in [-0.1, -0.05) is 6.42 Å². The normalized spacial score (nSPS) is 18.9. The fraction of sp³-hybridized carbons (Fsp3) is 0.833. The molecule has 0 spiro atoms. The van der Waals surface area contributed by atoms with Gasteiger partial charge < -0.3 is 20.4 Å². The van der Waals surface area contributed by atoms with E-state index in [2.05, 4.69) is 5.32 Å². The van der Waals surface area contributed by atoms with Crippen molar-refractivity contribution < 1.29 is 19.8 Å². The van der Waals surface area contributed by atoms with Gasteiger partial charge in [0.15, 0.2) is 0 Å². The Kier molecular flexibility index (Phi) is 6.49. The third-order valence-electron chi connectivity index (χ3n) is 3.17. The van der Waals surface area contributed by atoms with E-state index in [-0.39, 0.29) is 25.0 Å². The molecule has 0 bridgehead atoms. The number of amides is 2. The number of hydrogen-bond acceptors (Lipinski definition) is 3. The van der Waals surface area contributed by atoms with Gasteiger partial charge in [0.2, 0.25) is 0 Å². The molecule has 1 unspecified atom stereocenters. The minimum Gasteiger partial charge on any atom is -0.481 e. The third kappa shape index (κ3) is 5.35. The zero-order chi connectivity index (χ0) is 13.4. The van der Waals surface area contributed by atoms with Gasteiger partial charge in [-0.3, -0.25) is 4.79 Å².